The van der Waals surface area contributed by atoms with Crippen LogP contribution in [-0.2, 0) is 18.0 Å². The minimum Gasteiger partial charge on any atom is -0.481 e. The molecule has 1 aliphatic rings. The number of nitrogens with zero attached hydrogens (tertiary/aromatic N) is 3. The summed E-state index contributed by atoms with van der Waals surface area (Å²) in [4.78, 5) is 32.8. The predicted octanol–water partition coefficient (Wildman–Crippen LogP) is 3.68. The predicted molar refractivity (Wildman–Crippen MR) is 108 cm³/mol. The van der Waals surface area contributed by atoms with Crippen molar-refractivity contribution in [2.75, 3.05) is 5.32 Å². The van der Waals surface area contributed by atoms with E-state index in [0.717, 1.165) is 12.1 Å². The lowest BCUT2D eigenvalue weighted by atomic mass is 10.0. The van der Waals surface area contributed by atoms with E-state index >= 15 is 0 Å². The Bertz CT molecular complexity index is 1210. The van der Waals surface area contributed by atoms with Crippen LogP contribution in [0.3, 0.4) is 0 Å². The minimum absolute atomic E-state index is 0.154. The van der Waals surface area contributed by atoms with Gasteiger partial charge in [-0.25, -0.2) is 9.97 Å². The largest absolute Gasteiger partial charge is 0.481 e. The van der Waals surface area contributed by atoms with Crippen molar-refractivity contribution in [3.8, 4) is 11.1 Å². The third-order valence-electron chi connectivity index (χ3n) is 5.59. The fourth-order valence-corrected chi connectivity index (χ4v) is 3.90. The highest BCUT2D eigenvalue weighted by molar-refractivity contribution is 5.98. The van der Waals surface area contributed by atoms with E-state index in [9.17, 15) is 27.9 Å². The SMILES string of the molecule is Cn1cnc2c(-c3ccc(C(F)(F)F)cc3)cnc(NC3CCC(C(=O)O)C3)c2c1=O. The zero-order valence-electron chi connectivity index (χ0n) is 16.5. The number of rotatable bonds is 4. The van der Waals surface area contributed by atoms with Crippen LogP contribution in [0.2, 0.25) is 0 Å². The molecule has 0 aliphatic heterocycles. The molecule has 1 saturated carbocycles. The number of pyridine rings is 1. The van der Waals surface area contributed by atoms with E-state index in [1.54, 1.807) is 7.05 Å². The van der Waals surface area contributed by atoms with Crippen LogP contribution in [-0.4, -0.2) is 31.7 Å². The van der Waals surface area contributed by atoms with Crippen LogP contribution in [0.25, 0.3) is 22.0 Å². The van der Waals surface area contributed by atoms with Crippen molar-refractivity contribution in [3.63, 3.8) is 0 Å². The van der Waals surface area contributed by atoms with Gasteiger partial charge in [0.05, 0.1) is 23.3 Å². The van der Waals surface area contributed by atoms with Gasteiger partial charge in [-0.1, -0.05) is 12.1 Å². The molecule has 0 saturated heterocycles. The van der Waals surface area contributed by atoms with Gasteiger partial charge < -0.3 is 15.0 Å². The number of hydrogen-bond donors (Lipinski definition) is 2. The summed E-state index contributed by atoms with van der Waals surface area (Å²) in [6.45, 7) is 0. The molecule has 162 valence electrons. The van der Waals surface area contributed by atoms with Crippen LogP contribution in [0.1, 0.15) is 24.8 Å². The maximum atomic E-state index is 12.9. The zero-order valence-corrected chi connectivity index (χ0v) is 16.5. The molecule has 2 aromatic heterocycles. The number of anilines is 1. The van der Waals surface area contributed by atoms with Crippen molar-refractivity contribution >= 4 is 22.7 Å². The van der Waals surface area contributed by atoms with Crippen molar-refractivity contribution in [2.45, 2.75) is 31.5 Å². The minimum atomic E-state index is -4.45. The molecule has 3 aromatic rings. The molecule has 2 N–H and O–H groups in total. The quantitative estimate of drug-likeness (QED) is 0.653. The van der Waals surface area contributed by atoms with Crippen LogP contribution in [0, 0.1) is 5.92 Å². The second kappa shape index (κ2) is 7.68. The van der Waals surface area contributed by atoms with Gasteiger partial charge in [0.25, 0.3) is 5.56 Å². The Hall–Kier alpha value is -3.43. The summed E-state index contributed by atoms with van der Waals surface area (Å²) in [5.74, 6) is -1.01. The van der Waals surface area contributed by atoms with Gasteiger partial charge in [-0.15, -0.1) is 0 Å². The van der Waals surface area contributed by atoms with Crippen molar-refractivity contribution in [3.05, 3.63) is 52.7 Å². The molecule has 0 bridgehead atoms. The van der Waals surface area contributed by atoms with Crippen molar-refractivity contribution in [1.29, 1.82) is 0 Å². The van der Waals surface area contributed by atoms with Gasteiger partial charge in [0.15, 0.2) is 0 Å². The molecule has 1 aromatic carbocycles. The van der Waals surface area contributed by atoms with Gasteiger partial charge >= 0.3 is 12.1 Å². The van der Waals surface area contributed by atoms with E-state index in [1.165, 1.54) is 29.2 Å². The lowest BCUT2D eigenvalue weighted by Gasteiger charge is -2.16. The number of halogens is 3. The molecule has 7 nitrogen and oxygen atoms in total. The van der Waals surface area contributed by atoms with Gasteiger partial charge in [0.2, 0.25) is 0 Å². The van der Waals surface area contributed by atoms with Gasteiger partial charge in [0, 0.05) is 24.8 Å². The lowest BCUT2D eigenvalue weighted by Crippen LogP contribution is -2.23. The van der Waals surface area contributed by atoms with E-state index in [2.05, 4.69) is 15.3 Å². The summed E-state index contributed by atoms with van der Waals surface area (Å²) >= 11 is 0. The fraction of sp³-hybridized carbons (Fsp3) is 0.333. The second-order valence-electron chi connectivity index (χ2n) is 7.67. The normalized spacial score (nSPS) is 19.0. The van der Waals surface area contributed by atoms with Gasteiger partial charge in [-0.3, -0.25) is 9.59 Å². The highest BCUT2D eigenvalue weighted by Crippen LogP contribution is 2.34. The molecule has 2 unspecified atom stereocenters. The van der Waals surface area contributed by atoms with Gasteiger partial charge in [-0.2, -0.15) is 13.2 Å². The smallest absolute Gasteiger partial charge is 0.416 e. The molecule has 31 heavy (non-hydrogen) atoms. The van der Waals surface area contributed by atoms with Crippen molar-refractivity contribution in [1.82, 2.24) is 14.5 Å². The van der Waals surface area contributed by atoms with Crippen LogP contribution in [0.15, 0.2) is 41.6 Å². The third kappa shape index (κ3) is 3.97. The number of aliphatic carboxylic acids is 1. The number of carboxylic acid groups (broad SMARTS) is 1. The average molecular weight is 432 g/mol. The summed E-state index contributed by atoms with van der Waals surface area (Å²) in [6.07, 6.45) is -0.0662. The van der Waals surface area contributed by atoms with E-state index in [4.69, 9.17) is 0 Å². The van der Waals surface area contributed by atoms with E-state index in [-0.39, 0.29) is 22.8 Å². The standard InChI is InChI=1S/C21H19F3N4O3/c1-28-10-26-17-15(11-2-5-13(6-3-11)21(22,23)24)9-25-18(16(17)19(28)29)27-14-7-4-12(8-14)20(30)31/h2-3,5-6,9-10,12,14H,4,7-8H2,1H3,(H,25,27)(H,30,31). The first kappa shape index (κ1) is 20.8. The number of carboxylic acids is 1. The summed E-state index contributed by atoms with van der Waals surface area (Å²) in [7, 11) is 1.54. The monoisotopic (exact) mass is 432 g/mol. The van der Waals surface area contributed by atoms with Crippen LogP contribution in [0.5, 0.6) is 0 Å². The molecule has 4 rings (SSSR count). The molecule has 2 heterocycles. The molecule has 0 amide bonds. The fourth-order valence-electron chi connectivity index (χ4n) is 3.90. The van der Waals surface area contributed by atoms with Gasteiger partial charge in [0.1, 0.15) is 11.2 Å². The lowest BCUT2D eigenvalue weighted by molar-refractivity contribution is -0.141. The number of alkyl halides is 3. The van der Waals surface area contributed by atoms with E-state index in [0.29, 0.717) is 35.9 Å². The number of nitrogens with one attached hydrogen (secondary N) is 1. The number of benzene rings is 1. The molecule has 2 atom stereocenters. The maximum absolute atomic E-state index is 12.9. The Morgan fingerprint density at radius 3 is 2.52 bits per heavy atom. The Labute approximate surface area is 174 Å². The third-order valence-corrected chi connectivity index (χ3v) is 5.59. The first-order valence-corrected chi connectivity index (χ1v) is 9.66. The van der Waals surface area contributed by atoms with Gasteiger partial charge in [-0.05, 0) is 37.0 Å². The Morgan fingerprint density at radius 1 is 1.19 bits per heavy atom. The van der Waals surface area contributed by atoms with E-state index < -0.39 is 23.6 Å². The maximum Gasteiger partial charge on any atom is 0.416 e. The number of fused-ring (bicyclic) bond motifs is 1. The Balaban J connectivity index is 1.76. The molecule has 10 heteroatoms. The molecular formula is C21H19F3N4O3. The van der Waals surface area contributed by atoms with E-state index in [1.807, 2.05) is 0 Å². The molecule has 1 fully saturated rings. The average Bonchev–Trinajstić information content (AvgIpc) is 3.19. The first-order chi connectivity index (χ1) is 14.6. The van der Waals surface area contributed by atoms with Crippen molar-refractivity contribution in [2.24, 2.45) is 13.0 Å². The zero-order chi connectivity index (χ0) is 22.3. The molecule has 0 radical (unpaired) electrons. The number of aryl methyl sites for hydroxylation is 1. The highest BCUT2D eigenvalue weighted by atomic mass is 19.4. The van der Waals surface area contributed by atoms with Crippen LogP contribution in [0.4, 0.5) is 19.0 Å². The topological polar surface area (TPSA) is 97.1 Å². The first-order valence-electron chi connectivity index (χ1n) is 9.66. The number of hydrogen-bond acceptors (Lipinski definition) is 5. The highest BCUT2D eigenvalue weighted by Gasteiger charge is 2.31. The van der Waals surface area contributed by atoms with Crippen molar-refractivity contribution < 1.29 is 23.1 Å². The summed E-state index contributed by atoms with van der Waals surface area (Å²) in [6, 6.07) is 4.43. The summed E-state index contributed by atoms with van der Waals surface area (Å²) in [5.41, 5.74) is 0.0611. The molecular weight excluding hydrogens is 413 g/mol. The Kier molecular flexibility index (Phi) is 5.16. The Morgan fingerprint density at radius 2 is 1.90 bits per heavy atom. The molecule has 0 spiro atoms. The number of aromatic nitrogens is 3. The number of carbonyl (C=O) groups is 1. The summed E-state index contributed by atoms with van der Waals surface area (Å²) < 4.78 is 39.9. The molecule has 1 aliphatic carbocycles. The van der Waals surface area contributed by atoms with Crippen LogP contribution >= 0.6 is 0 Å². The van der Waals surface area contributed by atoms with Crippen LogP contribution < -0.4 is 10.9 Å². The summed E-state index contributed by atoms with van der Waals surface area (Å²) in [5, 5.41) is 12.6. The second-order valence-corrected chi connectivity index (χ2v) is 7.67.